The summed E-state index contributed by atoms with van der Waals surface area (Å²) in [6.45, 7) is 0. The molecule has 0 aliphatic carbocycles. The summed E-state index contributed by atoms with van der Waals surface area (Å²) in [6.07, 6.45) is -3.93. The van der Waals surface area contributed by atoms with Crippen molar-refractivity contribution < 1.29 is 13.2 Å². The van der Waals surface area contributed by atoms with Gasteiger partial charge in [0.25, 0.3) is 0 Å². The minimum absolute atomic E-state index is 0.165. The van der Waals surface area contributed by atoms with Gasteiger partial charge in [0.1, 0.15) is 0 Å². The smallest absolute Gasteiger partial charge is 0.368 e. The zero-order valence-corrected chi connectivity index (χ0v) is 7.84. The number of alkyl halides is 3. The first kappa shape index (κ1) is 11.8. The van der Waals surface area contributed by atoms with E-state index in [-0.39, 0.29) is 6.42 Å². The first-order chi connectivity index (χ1) is 7.45. The summed E-state index contributed by atoms with van der Waals surface area (Å²) in [4.78, 5) is 6.49. The highest BCUT2D eigenvalue weighted by molar-refractivity contribution is 5.40. The molecule has 0 aromatic carbocycles. The summed E-state index contributed by atoms with van der Waals surface area (Å²) in [5.41, 5.74) is 3.48. The van der Waals surface area contributed by atoms with Gasteiger partial charge >= 0.3 is 6.18 Å². The van der Waals surface area contributed by atoms with Crippen molar-refractivity contribution in [1.82, 2.24) is 9.97 Å². The van der Waals surface area contributed by atoms with Gasteiger partial charge in [-0.1, -0.05) is 11.8 Å². The first-order valence-electron chi connectivity index (χ1n) is 4.00. The quantitative estimate of drug-likeness (QED) is 0.677. The van der Waals surface area contributed by atoms with Crippen LogP contribution in [0.5, 0.6) is 0 Å². The summed E-state index contributed by atoms with van der Waals surface area (Å²) in [5, 5.41) is 8.19. The Balaban J connectivity index is 3.21. The number of anilines is 1. The van der Waals surface area contributed by atoms with Gasteiger partial charge in [-0.05, 0) is 0 Å². The lowest BCUT2D eigenvalue weighted by atomic mass is 10.2. The van der Waals surface area contributed by atoms with Crippen molar-refractivity contribution in [2.24, 2.45) is 0 Å². The Hall–Kier alpha value is -2.28. The molecule has 1 aromatic heterocycles. The predicted octanol–water partition coefficient (Wildman–Crippen LogP) is 1.34. The maximum absolute atomic E-state index is 12.5. The van der Waals surface area contributed by atoms with Gasteiger partial charge in [-0.3, -0.25) is 0 Å². The van der Waals surface area contributed by atoms with Crippen molar-refractivity contribution >= 4 is 5.95 Å². The highest BCUT2D eigenvalue weighted by atomic mass is 19.4. The fourth-order valence-corrected chi connectivity index (χ4v) is 0.882. The zero-order valence-electron chi connectivity index (χ0n) is 7.84. The third-order valence-corrected chi connectivity index (χ3v) is 1.47. The maximum atomic E-state index is 12.5. The second-order valence-corrected chi connectivity index (χ2v) is 2.62. The summed E-state index contributed by atoms with van der Waals surface area (Å²) in [5.74, 6) is 3.95. The number of hydrogen-bond acceptors (Lipinski definition) is 4. The molecule has 1 rings (SSSR count). The minimum Gasteiger partial charge on any atom is -0.368 e. The molecule has 0 saturated heterocycles. The topological polar surface area (TPSA) is 75.6 Å². The van der Waals surface area contributed by atoms with E-state index in [2.05, 4.69) is 21.8 Å². The summed E-state index contributed by atoms with van der Waals surface area (Å²) < 4.78 is 37.4. The van der Waals surface area contributed by atoms with Gasteiger partial charge in [-0.2, -0.15) is 18.4 Å². The van der Waals surface area contributed by atoms with Crippen LogP contribution in [0, 0.1) is 23.2 Å². The zero-order chi connectivity index (χ0) is 12.2. The van der Waals surface area contributed by atoms with Gasteiger partial charge in [0.2, 0.25) is 5.95 Å². The van der Waals surface area contributed by atoms with E-state index in [1.807, 2.05) is 0 Å². The molecule has 1 aromatic rings. The molecule has 4 nitrogen and oxygen atoms in total. The molecule has 7 heteroatoms. The van der Waals surface area contributed by atoms with Crippen molar-refractivity contribution in [2.45, 2.75) is 12.6 Å². The molecule has 0 amide bonds. The Bertz CT molecular complexity index is 490. The number of hydrogen-bond donors (Lipinski definition) is 1. The van der Waals surface area contributed by atoms with Crippen molar-refractivity contribution in [1.29, 1.82) is 5.26 Å². The predicted molar refractivity (Wildman–Crippen MR) is 48.6 cm³/mol. The molecule has 2 N–H and O–H groups in total. The highest BCUT2D eigenvalue weighted by Gasteiger charge is 2.35. The number of nitrogen functional groups attached to an aromatic ring is 1. The maximum Gasteiger partial charge on any atom is 0.434 e. The Morgan fingerprint density at radius 3 is 2.69 bits per heavy atom. The molecule has 0 aliphatic rings. The van der Waals surface area contributed by atoms with Crippen LogP contribution in [0.25, 0.3) is 0 Å². The molecule has 0 spiro atoms. The molecule has 0 radical (unpaired) electrons. The van der Waals surface area contributed by atoms with Crippen LogP contribution in [-0.2, 0) is 6.18 Å². The monoisotopic (exact) mass is 226 g/mol. The Kier molecular flexibility index (Phi) is 3.31. The standard InChI is InChI=1S/C9H5F3N4/c10-9(11,12)7-6(3-1-2-4-13)5-15-8(14)16-7/h5H,2H2,(H2,14,15,16). The largest absolute Gasteiger partial charge is 0.434 e. The number of aromatic nitrogens is 2. The van der Waals surface area contributed by atoms with E-state index >= 15 is 0 Å². The van der Waals surface area contributed by atoms with Crippen molar-refractivity contribution in [3.05, 3.63) is 17.5 Å². The molecule has 0 aliphatic heterocycles. The lowest BCUT2D eigenvalue weighted by Crippen LogP contribution is -2.13. The number of nitrogens with two attached hydrogens (primary N) is 1. The van der Waals surface area contributed by atoms with Crippen LogP contribution in [0.2, 0.25) is 0 Å². The molecule has 0 unspecified atom stereocenters. The van der Waals surface area contributed by atoms with Gasteiger partial charge in [-0.25, -0.2) is 9.97 Å². The van der Waals surface area contributed by atoms with Crippen molar-refractivity contribution in [3.63, 3.8) is 0 Å². The fraction of sp³-hybridized carbons (Fsp3) is 0.222. The average Bonchev–Trinajstić information content (AvgIpc) is 2.19. The molecule has 0 fully saturated rings. The lowest BCUT2D eigenvalue weighted by Gasteiger charge is -2.07. The second kappa shape index (κ2) is 4.49. The number of halogens is 3. The summed E-state index contributed by atoms with van der Waals surface area (Å²) in [6, 6.07) is 1.69. The van der Waals surface area contributed by atoms with Crippen molar-refractivity contribution in [2.75, 3.05) is 5.73 Å². The van der Waals surface area contributed by atoms with Gasteiger partial charge in [0.15, 0.2) is 5.69 Å². The van der Waals surface area contributed by atoms with Crippen LogP contribution in [0.15, 0.2) is 6.20 Å². The molecule has 0 atom stereocenters. The molecule has 82 valence electrons. The normalized spacial score (nSPS) is 10.1. The Morgan fingerprint density at radius 1 is 1.44 bits per heavy atom. The lowest BCUT2D eigenvalue weighted by molar-refractivity contribution is -0.141. The van der Waals surface area contributed by atoms with Crippen LogP contribution in [-0.4, -0.2) is 9.97 Å². The molecular formula is C9H5F3N4. The molecular weight excluding hydrogens is 221 g/mol. The van der Waals surface area contributed by atoms with Gasteiger partial charge in [-0.15, -0.1) is 0 Å². The molecule has 1 heterocycles. The van der Waals surface area contributed by atoms with E-state index in [0.717, 1.165) is 6.20 Å². The van der Waals surface area contributed by atoms with Gasteiger partial charge in [0, 0.05) is 6.20 Å². The first-order valence-corrected chi connectivity index (χ1v) is 4.00. The number of rotatable bonds is 0. The summed E-state index contributed by atoms with van der Waals surface area (Å²) in [7, 11) is 0. The van der Waals surface area contributed by atoms with Gasteiger partial charge in [0.05, 0.1) is 18.1 Å². The summed E-state index contributed by atoms with van der Waals surface area (Å²) >= 11 is 0. The fourth-order valence-electron chi connectivity index (χ4n) is 0.882. The van der Waals surface area contributed by atoms with Crippen LogP contribution >= 0.6 is 0 Å². The van der Waals surface area contributed by atoms with Crippen LogP contribution in [0.1, 0.15) is 17.7 Å². The number of nitrogens with zero attached hydrogens (tertiary/aromatic N) is 3. The molecule has 16 heavy (non-hydrogen) atoms. The highest BCUT2D eigenvalue weighted by Crippen LogP contribution is 2.29. The van der Waals surface area contributed by atoms with Gasteiger partial charge < -0.3 is 5.73 Å². The molecule has 0 bridgehead atoms. The van der Waals surface area contributed by atoms with E-state index in [1.54, 1.807) is 6.07 Å². The van der Waals surface area contributed by atoms with Crippen LogP contribution in [0.4, 0.5) is 19.1 Å². The van der Waals surface area contributed by atoms with Crippen LogP contribution < -0.4 is 5.73 Å². The van der Waals surface area contributed by atoms with E-state index in [0.29, 0.717) is 0 Å². The van der Waals surface area contributed by atoms with Crippen LogP contribution in [0.3, 0.4) is 0 Å². The SMILES string of the molecule is N#CCC#Cc1cnc(N)nc1C(F)(F)F. The Labute approximate surface area is 88.9 Å². The number of nitriles is 1. The van der Waals surface area contributed by atoms with E-state index < -0.39 is 23.4 Å². The molecule has 0 saturated carbocycles. The van der Waals surface area contributed by atoms with Crippen molar-refractivity contribution in [3.8, 4) is 17.9 Å². The van der Waals surface area contributed by atoms with E-state index in [1.165, 1.54) is 0 Å². The Morgan fingerprint density at radius 2 is 2.12 bits per heavy atom. The van der Waals surface area contributed by atoms with E-state index in [4.69, 9.17) is 11.0 Å². The average molecular weight is 226 g/mol. The van der Waals surface area contributed by atoms with E-state index in [9.17, 15) is 13.2 Å². The third kappa shape index (κ3) is 2.85. The minimum atomic E-state index is -4.65. The second-order valence-electron chi connectivity index (χ2n) is 2.62. The third-order valence-electron chi connectivity index (χ3n) is 1.47.